The molecular formula is C18H24ClNO2. The summed E-state index contributed by atoms with van der Waals surface area (Å²) in [6.45, 7) is 7.34. The minimum absolute atomic E-state index is 0. The molecule has 0 saturated heterocycles. The average molecular weight is 322 g/mol. The lowest BCUT2D eigenvalue weighted by atomic mass is 10.0. The summed E-state index contributed by atoms with van der Waals surface area (Å²) in [4.78, 5) is 11.9. The highest BCUT2D eigenvalue weighted by molar-refractivity contribution is 5.88. The van der Waals surface area contributed by atoms with Gasteiger partial charge in [-0.2, -0.15) is 0 Å². The molecule has 0 unspecified atom stereocenters. The summed E-state index contributed by atoms with van der Waals surface area (Å²) in [6.07, 6.45) is 0.316. The van der Waals surface area contributed by atoms with Crippen molar-refractivity contribution in [3.05, 3.63) is 48.0 Å². The van der Waals surface area contributed by atoms with E-state index in [4.69, 9.17) is 4.74 Å². The second kappa shape index (κ2) is 8.16. The number of rotatable bonds is 5. The molecule has 0 aliphatic heterocycles. The van der Waals surface area contributed by atoms with Gasteiger partial charge in [0.25, 0.3) is 0 Å². The Morgan fingerprint density at radius 2 is 1.77 bits per heavy atom. The topological polar surface area (TPSA) is 38.3 Å². The highest BCUT2D eigenvalue weighted by Gasteiger charge is 2.10. The zero-order valence-electron chi connectivity index (χ0n) is 13.4. The Labute approximate surface area is 138 Å². The van der Waals surface area contributed by atoms with Crippen molar-refractivity contribution in [1.29, 1.82) is 0 Å². The molecule has 2 aromatic rings. The maximum absolute atomic E-state index is 11.9. The van der Waals surface area contributed by atoms with Crippen LogP contribution in [0.15, 0.2) is 42.5 Å². The summed E-state index contributed by atoms with van der Waals surface area (Å²) in [5.41, 5.74) is 1.06. The van der Waals surface area contributed by atoms with E-state index < -0.39 is 0 Å². The van der Waals surface area contributed by atoms with E-state index in [-0.39, 0.29) is 23.9 Å². The van der Waals surface area contributed by atoms with Gasteiger partial charge in [0.05, 0.1) is 6.42 Å². The van der Waals surface area contributed by atoms with Crippen LogP contribution in [0.3, 0.4) is 0 Å². The molecule has 120 valence electrons. The van der Waals surface area contributed by atoms with Crippen LogP contribution in [0.2, 0.25) is 0 Å². The fourth-order valence-electron chi connectivity index (χ4n) is 2.24. The fraction of sp³-hybridized carbons (Fsp3) is 0.389. The smallest absolute Gasteiger partial charge is 0.310 e. The van der Waals surface area contributed by atoms with Gasteiger partial charge in [-0.1, -0.05) is 42.5 Å². The Kier molecular flexibility index (Phi) is 6.85. The Hall–Kier alpha value is -1.58. The van der Waals surface area contributed by atoms with Crippen LogP contribution >= 0.6 is 12.4 Å². The second-order valence-corrected chi connectivity index (χ2v) is 6.21. The van der Waals surface area contributed by atoms with Gasteiger partial charge in [-0.3, -0.25) is 4.79 Å². The maximum atomic E-state index is 11.9. The van der Waals surface area contributed by atoms with E-state index in [1.165, 1.54) is 0 Å². The highest BCUT2D eigenvalue weighted by atomic mass is 35.5. The summed E-state index contributed by atoms with van der Waals surface area (Å²) >= 11 is 0. The third-order valence-electron chi connectivity index (χ3n) is 3.24. The number of halogens is 1. The summed E-state index contributed by atoms with van der Waals surface area (Å²) < 4.78 is 5.29. The van der Waals surface area contributed by atoms with Crippen LogP contribution in [-0.2, 0) is 16.0 Å². The molecule has 0 amide bonds. The summed E-state index contributed by atoms with van der Waals surface area (Å²) in [6, 6.07) is 14.1. The molecule has 1 N–H and O–H groups in total. The number of ether oxygens (including phenoxy) is 1. The molecule has 0 heterocycles. The van der Waals surface area contributed by atoms with Crippen molar-refractivity contribution in [2.24, 2.45) is 0 Å². The molecule has 0 bridgehead atoms. The van der Waals surface area contributed by atoms with E-state index in [1.54, 1.807) is 0 Å². The summed E-state index contributed by atoms with van der Waals surface area (Å²) in [7, 11) is 0. The predicted octanol–water partition coefficient (Wildman–Crippen LogP) is 3.74. The van der Waals surface area contributed by atoms with Crippen LogP contribution in [-0.4, -0.2) is 24.7 Å². The number of hydrogen-bond donors (Lipinski definition) is 1. The largest absolute Gasteiger partial charge is 0.464 e. The number of hydrogen-bond acceptors (Lipinski definition) is 3. The molecule has 3 nitrogen and oxygen atoms in total. The monoisotopic (exact) mass is 321 g/mol. The van der Waals surface area contributed by atoms with E-state index in [9.17, 15) is 4.79 Å². The van der Waals surface area contributed by atoms with E-state index in [0.29, 0.717) is 19.6 Å². The van der Waals surface area contributed by atoms with Gasteiger partial charge in [-0.25, -0.2) is 0 Å². The number of nitrogens with one attached hydrogen (secondary N) is 1. The molecule has 2 rings (SSSR count). The Balaban J connectivity index is 0.00000242. The van der Waals surface area contributed by atoms with E-state index in [2.05, 4.69) is 38.2 Å². The zero-order chi connectivity index (χ0) is 15.3. The standard InChI is InChI=1S/C18H23NO2.ClH/c1-18(2,3)19-11-12-21-17(20)13-15-9-6-8-14-7-4-5-10-16(14)15;/h4-10,19H,11-13H2,1-3H3;1H. The van der Waals surface area contributed by atoms with Crippen LogP contribution in [0.4, 0.5) is 0 Å². The van der Waals surface area contributed by atoms with Gasteiger partial charge in [0.2, 0.25) is 0 Å². The SMILES string of the molecule is CC(C)(C)NCCOC(=O)Cc1cccc2ccccc12.Cl. The Bertz CT molecular complexity index is 615. The minimum atomic E-state index is -0.179. The van der Waals surface area contributed by atoms with E-state index in [0.717, 1.165) is 16.3 Å². The van der Waals surface area contributed by atoms with Crippen molar-refractivity contribution < 1.29 is 9.53 Å². The molecule has 0 aromatic heterocycles. The number of fused-ring (bicyclic) bond motifs is 1. The van der Waals surface area contributed by atoms with Crippen LogP contribution in [0.5, 0.6) is 0 Å². The Morgan fingerprint density at radius 1 is 1.09 bits per heavy atom. The lowest BCUT2D eigenvalue weighted by Gasteiger charge is -2.20. The van der Waals surface area contributed by atoms with Crippen molar-refractivity contribution in [3.8, 4) is 0 Å². The van der Waals surface area contributed by atoms with Crippen LogP contribution in [0.1, 0.15) is 26.3 Å². The average Bonchev–Trinajstić information content (AvgIpc) is 2.43. The quantitative estimate of drug-likeness (QED) is 0.673. The molecule has 0 radical (unpaired) electrons. The number of carbonyl (C=O) groups excluding carboxylic acids is 1. The van der Waals surface area contributed by atoms with E-state index in [1.807, 2.05) is 30.3 Å². The van der Waals surface area contributed by atoms with Crippen molar-refractivity contribution in [2.45, 2.75) is 32.7 Å². The number of carbonyl (C=O) groups is 1. The van der Waals surface area contributed by atoms with Gasteiger partial charge in [-0.05, 0) is 37.1 Å². The van der Waals surface area contributed by atoms with Crippen LogP contribution < -0.4 is 5.32 Å². The van der Waals surface area contributed by atoms with Crippen LogP contribution in [0, 0.1) is 0 Å². The highest BCUT2D eigenvalue weighted by Crippen LogP contribution is 2.19. The van der Waals surface area contributed by atoms with Gasteiger partial charge in [0.15, 0.2) is 0 Å². The molecule has 0 spiro atoms. The lowest BCUT2D eigenvalue weighted by Crippen LogP contribution is -2.38. The van der Waals surface area contributed by atoms with Gasteiger partial charge in [-0.15, -0.1) is 12.4 Å². The molecule has 4 heteroatoms. The van der Waals surface area contributed by atoms with Crippen molar-refractivity contribution >= 4 is 29.1 Å². The lowest BCUT2D eigenvalue weighted by molar-refractivity contribution is -0.142. The first-order valence-electron chi connectivity index (χ1n) is 7.33. The molecule has 0 aliphatic carbocycles. The van der Waals surface area contributed by atoms with Gasteiger partial charge in [0.1, 0.15) is 6.61 Å². The maximum Gasteiger partial charge on any atom is 0.310 e. The second-order valence-electron chi connectivity index (χ2n) is 6.21. The molecule has 0 aliphatic rings. The van der Waals surface area contributed by atoms with Crippen LogP contribution in [0.25, 0.3) is 10.8 Å². The van der Waals surface area contributed by atoms with Crippen molar-refractivity contribution in [3.63, 3.8) is 0 Å². The first-order chi connectivity index (χ1) is 9.96. The molecular weight excluding hydrogens is 298 g/mol. The third kappa shape index (κ3) is 5.66. The Morgan fingerprint density at radius 3 is 2.50 bits per heavy atom. The first-order valence-corrected chi connectivity index (χ1v) is 7.33. The molecule has 0 atom stereocenters. The fourth-order valence-corrected chi connectivity index (χ4v) is 2.24. The van der Waals surface area contributed by atoms with Gasteiger partial charge < -0.3 is 10.1 Å². The molecule has 0 saturated carbocycles. The predicted molar refractivity (Wildman–Crippen MR) is 93.6 cm³/mol. The van der Waals surface area contributed by atoms with Gasteiger partial charge >= 0.3 is 5.97 Å². The first kappa shape index (κ1) is 18.5. The zero-order valence-corrected chi connectivity index (χ0v) is 14.2. The van der Waals surface area contributed by atoms with Gasteiger partial charge in [0, 0.05) is 12.1 Å². The van der Waals surface area contributed by atoms with E-state index >= 15 is 0 Å². The molecule has 22 heavy (non-hydrogen) atoms. The summed E-state index contributed by atoms with van der Waals surface area (Å²) in [5, 5.41) is 5.56. The molecule has 2 aromatic carbocycles. The number of benzene rings is 2. The minimum Gasteiger partial charge on any atom is -0.464 e. The van der Waals surface area contributed by atoms with Crippen molar-refractivity contribution in [2.75, 3.05) is 13.2 Å². The third-order valence-corrected chi connectivity index (χ3v) is 3.24. The number of esters is 1. The van der Waals surface area contributed by atoms with Crippen molar-refractivity contribution in [1.82, 2.24) is 5.32 Å². The molecule has 0 fully saturated rings. The summed E-state index contributed by atoms with van der Waals surface area (Å²) in [5.74, 6) is -0.179. The normalized spacial score (nSPS) is 11.0.